The van der Waals surface area contributed by atoms with Crippen LogP contribution < -0.4 is 5.32 Å². The maximum absolute atomic E-state index is 3.85. The predicted molar refractivity (Wildman–Crippen MR) is 85.8 cm³/mol. The Kier molecular flexibility index (Phi) is 5.90. The maximum atomic E-state index is 3.85. The molecule has 1 aromatic rings. The van der Waals surface area contributed by atoms with Gasteiger partial charge in [0.2, 0.25) is 0 Å². The highest BCUT2D eigenvalue weighted by molar-refractivity contribution is 7.08. The van der Waals surface area contributed by atoms with Crippen LogP contribution in [0, 0.1) is 18.8 Å². The molecular weight excluding hydrogens is 250 g/mol. The van der Waals surface area contributed by atoms with Crippen LogP contribution in [0.3, 0.4) is 0 Å². The molecule has 1 fully saturated rings. The van der Waals surface area contributed by atoms with E-state index in [1.807, 2.05) is 11.3 Å². The first kappa shape index (κ1) is 15.1. The van der Waals surface area contributed by atoms with Gasteiger partial charge < -0.3 is 5.32 Å². The van der Waals surface area contributed by atoms with Crippen LogP contribution in [0.1, 0.15) is 69.5 Å². The minimum atomic E-state index is 0.594. The Labute approximate surface area is 122 Å². The standard InChI is InChI=1S/C17H29NS/c1-4-10-18-17(16-12-19-11-13(16)3)15-9-7-6-8-14(15)5-2/h11-12,14-15,17-18H,4-10H2,1-3H3. The second-order valence-corrected chi connectivity index (χ2v) is 6.80. The average molecular weight is 279 g/mol. The minimum absolute atomic E-state index is 0.594. The molecule has 19 heavy (non-hydrogen) atoms. The molecule has 1 saturated carbocycles. The molecule has 0 spiro atoms. The number of thiophene rings is 1. The van der Waals surface area contributed by atoms with Crippen molar-refractivity contribution in [1.29, 1.82) is 0 Å². The van der Waals surface area contributed by atoms with E-state index in [9.17, 15) is 0 Å². The summed E-state index contributed by atoms with van der Waals surface area (Å²) in [5.74, 6) is 1.76. The first-order valence-corrected chi connectivity index (χ1v) is 8.98. The lowest BCUT2D eigenvalue weighted by atomic mass is 9.72. The van der Waals surface area contributed by atoms with Crippen molar-refractivity contribution < 1.29 is 0 Å². The van der Waals surface area contributed by atoms with Gasteiger partial charge >= 0.3 is 0 Å². The van der Waals surface area contributed by atoms with E-state index < -0.39 is 0 Å². The van der Waals surface area contributed by atoms with Crippen LogP contribution >= 0.6 is 11.3 Å². The zero-order chi connectivity index (χ0) is 13.7. The van der Waals surface area contributed by atoms with Crippen molar-refractivity contribution in [3.63, 3.8) is 0 Å². The monoisotopic (exact) mass is 279 g/mol. The van der Waals surface area contributed by atoms with Gasteiger partial charge in [-0.05, 0) is 60.0 Å². The molecule has 0 bridgehead atoms. The van der Waals surface area contributed by atoms with Crippen LogP contribution in [0.2, 0.25) is 0 Å². The van der Waals surface area contributed by atoms with Gasteiger partial charge in [-0.25, -0.2) is 0 Å². The SMILES string of the molecule is CCCNC(c1cscc1C)C1CCCCC1CC. The Morgan fingerprint density at radius 3 is 2.68 bits per heavy atom. The lowest BCUT2D eigenvalue weighted by molar-refractivity contribution is 0.175. The highest BCUT2D eigenvalue weighted by Crippen LogP contribution is 2.41. The molecule has 1 heterocycles. The largest absolute Gasteiger partial charge is 0.310 e. The van der Waals surface area contributed by atoms with Crippen LogP contribution in [0.15, 0.2) is 10.8 Å². The number of hydrogen-bond donors (Lipinski definition) is 1. The van der Waals surface area contributed by atoms with Gasteiger partial charge in [-0.2, -0.15) is 11.3 Å². The highest BCUT2D eigenvalue weighted by atomic mass is 32.1. The van der Waals surface area contributed by atoms with Gasteiger partial charge in [0, 0.05) is 6.04 Å². The summed E-state index contributed by atoms with van der Waals surface area (Å²) in [7, 11) is 0. The third-order valence-corrected chi connectivity index (χ3v) is 5.64. The summed E-state index contributed by atoms with van der Waals surface area (Å²) in [6.07, 6.45) is 8.29. The van der Waals surface area contributed by atoms with E-state index in [4.69, 9.17) is 0 Å². The van der Waals surface area contributed by atoms with Crippen molar-refractivity contribution in [2.24, 2.45) is 11.8 Å². The molecule has 1 aliphatic rings. The smallest absolute Gasteiger partial charge is 0.0362 e. The lowest BCUT2D eigenvalue weighted by Crippen LogP contribution is -2.35. The van der Waals surface area contributed by atoms with E-state index in [1.165, 1.54) is 44.1 Å². The first-order valence-electron chi connectivity index (χ1n) is 8.04. The number of aryl methyl sites for hydroxylation is 1. The van der Waals surface area contributed by atoms with Crippen LogP contribution in [0.5, 0.6) is 0 Å². The Bertz CT molecular complexity index is 371. The van der Waals surface area contributed by atoms with Crippen molar-refractivity contribution in [2.45, 2.75) is 65.3 Å². The lowest BCUT2D eigenvalue weighted by Gasteiger charge is -2.37. The van der Waals surface area contributed by atoms with Gasteiger partial charge in [0.05, 0.1) is 0 Å². The number of rotatable bonds is 6. The van der Waals surface area contributed by atoms with E-state index in [0.29, 0.717) is 6.04 Å². The molecule has 0 aromatic carbocycles. The molecule has 0 amide bonds. The fraction of sp³-hybridized carbons (Fsp3) is 0.765. The fourth-order valence-corrected chi connectivity index (χ4v) is 4.55. The molecule has 1 aromatic heterocycles. The van der Waals surface area contributed by atoms with E-state index >= 15 is 0 Å². The van der Waals surface area contributed by atoms with Crippen LogP contribution in [-0.4, -0.2) is 6.54 Å². The first-order chi connectivity index (χ1) is 9.27. The van der Waals surface area contributed by atoms with Gasteiger partial charge in [0.1, 0.15) is 0 Å². The predicted octanol–water partition coefficient (Wildman–Crippen LogP) is 5.31. The Hall–Kier alpha value is -0.340. The van der Waals surface area contributed by atoms with Gasteiger partial charge in [0.25, 0.3) is 0 Å². The summed E-state index contributed by atoms with van der Waals surface area (Å²) < 4.78 is 0. The van der Waals surface area contributed by atoms with Gasteiger partial charge in [-0.1, -0.05) is 39.5 Å². The molecule has 1 aliphatic carbocycles. The van der Waals surface area contributed by atoms with Gasteiger partial charge in [0.15, 0.2) is 0 Å². The third-order valence-electron chi connectivity index (χ3n) is 4.76. The summed E-state index contributed by atoms with van der Waals surface area (Å²) in [5.41, 5.74) is 3.06. The fourth-order valence-electron chi connectivity index (χ4n) is 3.66. The molecule has 0 aliphatic heterocycles. The number of nitrogens with one attached hydrogen (secondary N) is 1. The molecular formula is C17H29NS. The Balaban J connectivity index is 2.18. The second-order valence-electron chi connectivity index (χ2n) is 6.06. The summed E-state index contributed by atoms with van der Waals surface area (Å²) in [4.78, 5) is 0. The molecule has 0 radical (unpaired) electrons. The molecule has 2 heteroatoms. The molecule has 1 N–H and O–H groups in total. The van der Waals surface area contributed by atoms with Crippen LogP contribution in [0.4, 0.5) is 0 Å². The molecule has 1 nitrogen and oxygen atoms in total. The van der Waals surface area contributed by atoms with Crippen LogP contribution in [0.25, 0.3) is 0 Å². The normalized spacial score (nSPS) is 25.4. The molecule has 2 rings (SSSR count). The molecule has 3 unspecified atom stereocenters. The van der Waals surface area contributed by atoms with Crippen molar-refractivity contribution >= 4 is 11.3 Å². The zero-order valence-corrected chi connectivity index (χ0v) is 13.6. The summed E-state index contributed by atoms with van der Waals surface area (Å²) >= 11 is 1.86. The van der Waals surface area contributed by atoms with Crippen LogP contribution in [-0.2, 0) is 0 Å². The maximum Gasteiger partial charge on any atom is 0.0362 e. The van der Waals surface area contributed by atoms with E-state index in [2.05, 4.69) is 36.8 Å². The molecule has 3 atom stereocenters. The molecule has 108 valence electrons. The van der Waals surface area contributed by atoms with Gasteiger partial charge in [-0.15, -0.1) is 0 Å². The van der Waals surface area contributed by atoms with E-state index in [0.717, 1.165) is 18.4 Å². The average Bonchev–Trinajstić information content (AvgIpc) is 2.86. The summed E-state index contributed by atoms with van der Waals surface area (Å²) in [6.45, 7) is 8.06. The topological polar surface area (TPSA) is 12.0 Å². The highest BCUT2D eigenvalue weighted by Gasteiger charge is 2.32. The molecule has 0 saturated heterocycles. The van der Waals surface area contributed by atoms with Crippen molar-refractivity contribution in [3.05, 3.63) is 21.9 Å². The summed E-state index contributed by atoms with van der Waals surface area (Å²) in [5, 5.41) is 8.54. The third kappa shape index (κ3) is 3.61. The Morgan fingerprint density at radius 2 is 2.05 bits per heavy atom. The Morgan fingerprint density at radius 1 is 1.26 bits per heavy atom. The number of hydrogen-bond acceptors (Lipinski definition) is 2. The summed E-state index contributed by atoms with van der Waals surface area (Å²) in [6, 6.07) is 0.594. The quantitative estimate of drug-likeness (QED) is 0.743. The van der Waals surface area contributed by atoms with Gasteiger partial charge in [-0.3, -0.25) is 0 Å². The van der Waals surface area contributed by atoms with E-state index in [-0.39, 0.29) is 0 Å². The van der Waals surface area contributed by atoms with Crippen molar-refractivity contribution in [3.8, 4) is 0 Å². The van der Waals surface area contributed by atoms with Crippen molar-refractivity contribution in [1.82, 2.24) is 5.32 Å². The van der Waals surface area contributed by atoms with Crippen molar-refractivity contribution in [2.75, 3.05) is 6.54 Å². The van der Waals surface area contributed by atoms with E-state index in [1.54, 1.807) is 5.56 Å². The second kappa shape index (κ2) is 7.44. The minimum Gasteiger partial charge on any atom is -0.310 e. The zero-order valence-electron chi connectivity index (χ0n) is 12.7.